The van der Waals surface area contributed by atoms with Gasteiger partial charge in [0, 0.05) is 32.7 Å². The highest BCUT2D eigenvalue weighted by Crippen LogP contribution is 2.33. The van der Waals surface area contributed by atoms with E-state index in [1.165, 1.54) is 5.56 Å². The SMILES string of the molecule is c1ccc2[nH]c(N3CCN(Cc4ccc5c(c4)OCO5)CC3)nc2c1. The molecule has 0 atom stereocenters. The van der Waals surface area contributed by atoms with E-state index in [0.717, 1.165) is 61.2 Å². The van der Waals surface area contributed by atoms with Crippen LogP contribution in [0, 0.1) is 0 Å². The van der Waals surface area contributed by atoms with Gasteiger partial charge in [-0.25, -0.2) is 4.98 Å². The number of hydrogen-bond donors (Lipinski definition) is 1. The van der Waals surface area contributed by atoms with E-state index >= 15 is 0 Å². The molecule has 0 aliphatic carbocycles. The van der Waals surface area contributed by atoms with Crippen LogP contribution in [0.15, 0.2) is 42.5 Å². The number of para-hydroxylation sites is 2. The lowest BCUT2D eigenvalue weighted by Gasteiger charge is -2.34. The van der Waals surface area contributed by atoms with Crippen molar-refractivity contribution >= 4 is 17.0 Å². The van der Waals surface area contributed by atoms with Crippen molar-refractivity contribution in [2.24, 2.45) is 0 Å². The fourth-order valence-corrected chi connectivity index (χ4v) is 3.50. The number of imidazole rings is 1. The second-order valence-electron chi connectivity index (χ2n) is 6.53. The topological polar surface area (TPSA) is 53.6 Å². The van der Waals surface area contributed by atoms with Gasteiger partial charge in [0.2, 0.25) is 12.7 Å². The van der Waals surface area contributed by atoms with Gasteiger partial charge in [-0.05, 0) is 29.8 Å². The lowest BCUT2D eigenvalue weighted by molar-refractivity contribution is 0.174. The minimum Gasteiger partial charge on any atom is -0.454 e. The summed E-state index contributed by atoms with van der Waals surface area (Å²) in [6.45, 7) is 5.26. The fraction of sp³-hybridized carbons (Fsp3) is 0.316. The molecule has 2 aromatic carbocycles. The summed E-state index contributed by atoms with van der Waals surface area (Å²) in [6, 6.07) is 14.4. The smallest absolute Gasteiger partial charge is 0.231 e. The van der Waals surface area contributed by atoms with Crippen LogP contribution in [0.5, 0.6) is 11.5 Å². The molecule has 1 fully saturated rings. The van der Waals surface area contributed by atoms with Crippen LogP contribution in [-0.2, 0) is 6.54 Å². The highest BCUT2D eigenvalue weighted by atomic mass is 16.7. The van der Waals surface area contributed by atoms with Crippen molar-refractivity contribution in [2.45, 2.75) is 6.54 Å². The van der Waals surface area contributed by atoms with Crippen LogP contribution in [0.3, 0.4) is 0 Å². The summed E-state index contributed by atoms with van der Waals surface area (Å²) < 4.78 is 10.8. The van der Waals surface area contributed by atoms with Crippen molar-refractivity contribution < 1.29 is 9.47 Å². The number of benzene rings is 2. The van der Waals surface area contributed by atoms with E-state index in [4.69, 9.17) is 14.5 Å². The third kappa shape index (κ3) is 2.78. The molecule has 0 bridgehead atoms. The number of anilines is 1. The highest BCUT2D eigenvalue weighted by molar-refractivity contribution is 5.77. The Bertz CT molecular complexity index is 866. The van der Waals surface area contributed by atoms with Crippen LogP contribution in [0.2, 0.25) is 0 Å². The van der Waals surface area contributed by atoms with Gasteiger partial charge in [-0.15, -0.1) is 0 Å². The fourth-order valence-electron chi connectivity index (χ4n) is 3.50. The van der Waals surface area contributed by atoms with Gasteiger partial charge in [0.1, 0.15) is 0 Å². The molecule has 5 rings (SSSR count). The Labute approximate surface area is 146 Å². The third-order valence-electron chi connectivity index (χ3n) is 4.89. The normalized spacial score (nSPS) is 17.4. The number of nitrogens with one attached hydrogen (secondary N) is 1. The molecule has 2 aliphatic heterocycles. The summed E-state index contributed by atoms with van der Waals surface area (Å²) >= 11 is 0. The van der Waals surface area contributed by atoms with E-state index in [2.05, 4.69) is 33.0 Å². The summed E-state index contributed by atoms with van der Waals surface area (Å²) in [5.74, 6) is 2.68. The predicted molar refractivity (Wildman–Crippen MR) is 96.1 cm³/mol. The van der Waals surface area contributed by atoms with Gasteiger partial charge in [-0.3, -0.25) is 4.90 Å². The molecule has 1 aromatic heterocycles. The molecule has 0 spiro atoms. The summed E-state index contributed by atoms with van der Waals surface area (Å²) in [5, 5.41) is 0. The molecular formula is C19H20N4O2. The van der Waals surface area contributed by atoms with Gasteiger partial charge in [0.15, 0.2) is 11.5 Å². The first kappa shape index (κ1) is 14.6. The molecule has 0 amide bonds. The first-order chi connectivity index (χ1) is 12.3. The number of aromatic nitrogens is 2. The van der Waals surface area contributed by atoms with Gasteiger partial charge in [0.25, 0.3) is 0 Å². The van der Waals surface area contributed by atoms with Crippen molar-refractivity contribution in [2.75, 3.05) is 37.9 Å². The van der Waals surface area contributed by atoms with Gasteiger partial charge >= 0.3 is 0 Å². The molecule has 6 nitrogen and oxygen atoms in total. The maximum atomic E-state index is 5.47. The largest absolute Gasteiger partial charge is 0.454 e. The first-order valence-electron chi connectivity index (χ1n) is 8.66. The molecule has 6 heteroatoms. The average molecular weight is 336 g/mol. The number of hydrogen-bond acceptors (Lipinski definition) is 5. The van der Waals surface area contributed by atoms with Crippen LogP contribution in [0.4, 0.5) is 5.95 Å². The van der Waals surface area contributed by atoms with Crippen molar-refractivity contribution in [1.82, 2.24) is 14.9 Å². The van der Waals surface area contributed by atoms with Crippen molar-refractivity contribution in [3.05, 3.63) is 48.0 Å². The Hall–Kier alpha value is -2.73. The van der Waals surface area contributed by atoms with E-state index in [1.54, 1.807) is 0 Å². The van der Waals surface area contributed by atoms with Crippen molar-refractivity contribution in [1.29, 1.82) is 0 Å². The standard InChI is InChI=1S/C19H20N4O2/c1-2-4-16-15(3-1)20-19(21-16)23-9-7-22(8-10-23)12-14-5-6-17-18(11-14)25-13-24-17/h1-6,11H,7-10,12-13H2,(H,20,21). The molecule has 128 valence electrons. The highest BCUT2D eigenvalue weighted by Gasteiger charge is 2.20. The van der Waals surface area contributed by atoms with Crippen LogP contribution in [-0.4, -0.2) is 47.8 Å². The summed E-state index contributed by atoms with van der Waals surface area (Å²) in [4.78, 5) is 12.9. The number of aromatic amines is 1. The minimum absolute atomic E-state index is 0.328. The minimum atomic E-state index is 0.328. The maximum absolute atomic E-state index is 5.47. The van der Waals surface area contributed by atoms with E-state index < -0.39 is 0 Å². The molecule has 3 heterocycles. The zero-order valence-corrected chi connectivity index (χ0v) is 13.9. The van der Waals surface area contributed by atoms with Crippen LogP contribution in [0.25, 0.3) is 11.0 Å². The summed E-state index contributed by atoms with van der Waals surface area (Å²) in [7, 11) is 0. The van der Waals surface area contributed by atoms with E-state index in [9.17, 15) is 0 Å². The molecular weight excluding hydrogens is 316 g/mol. The quantitative estimate of drug-likeness (QED) is 0.797. The van der Waals surface area contributed by atoms with Gasteiger partial charge in [-0.2, -0.15) is 0 Å². The number of H-pyrrole nitrogens is 1. The molecule has 25 heavy (non-hydrogen) atoms. The zero-order valence-electron chi connectivity index (χ0n) is 13.9. The Morgan fingerprint density at radius 3 is 2.68 bits per heavy atom. The van der Waals surface area contributed by atoms with Crippen molar-refractivity contribution in [3.8, 4) is 11.5 Å². The number of fused-ring (bicyclic) bond motifs is 2. The molecule has 0 radical (unpaired) electrons. The van der Waals surface area contributed by atoms with E-state index in [-0.39, 0.29) is 0 Å². The summed E-state index contributed by atoms with van der Waals surface area (Å²) in [5.41, 5.74) is 3.39. The monoisotopic (exact) mass is 336 g/mol. The van der Waals surface area contributed by atoms with Gasteiger partial charge in [-0.1, -0.05) is 18.2 Å². The zero-order chi connectivity index (χ0) is 16.6. The van der Waals surface area contributed by atoms with Gasteiger partial charge in [0.05, 0.1) is 11.0 Å². The van der Waals surface area contributed by atoms with E-state index in [1.807, 2.05) is 24.3 Å². The molecule has 1 N–H and O–H groups in total. The Balaban J connectivity index is 1.23. The maximum Gasteiger partial charge on any atom is 0.231 e. The van der Waals surface area contributed by atoms with Gasteiger partial charge < -0.3 is 19.4 Å². The number of nitrogens with zero attached hydrogens (tertiary/aromatic N) is 3. The lowest BCUT2D eigenvalue weighted by Crippen LogP contribution is -2.46. The first-order valence-corrected chi connectivity index (χ1v) is 8.66. The van der Waals surface area contributed by atoms with E-state index in [0.29, 0.717) is 6.79 Å². The average Bonchev–Trinajstić information content (AvgIpc) is 3.28. The van der Waals surface area contributed by atoms with Crippen molar-refractivity contribution in [3.63, 3.8) is 0 Å². The van der Waals surface area contributed by atoms with Crippen LogP contribution in [0.1, 0.15) is 5.56 Å². The van der Waals surface area contributed by atoms with Crippen LogP contribution >= 0.6 is 0 Å². The Morgan fingerprint density at radius 1 is 0.960 bits per heavy atom. The van der Waals surface area contributed by atoms with Crippen LogP contribution < -0.4 is 14.4 Å². The second-order valence-corrected chi connectivity index (χ2v) is 6.53. The lowest BCUT2D eigenvalue weighted by atomic mass is 10.1. The molecule has 1 saturated heterocycles. The Kier molecular flexibility index (Phi) is 3.48. The second kappa shape index (κ2) is 5.97. The Morgan fingerprint density at radius 2 is 1.80 bits per heavy atom. The molecule has 0 unspecified atom stereocenters. The number of ether oxygens (including phenoxy) is 2. The number of rotatable bonds is 3. The molecule has 0 saturated carbocycles. The number of piperazine rings is 1. The summed E-state index contributed by atoms with van der Waals surface area (Å²) in [6.07, 6.45) is 0. The predicted octanol–water partition coefficient (Wildman–Crippen LogP) is 2.61. The third-order valence-corrected chi connectivity index (χ3v) is 4.89. The molecule has 2 aliphatic rings. The molecule has 3 aromatic rings.